The fourth-order valence-electron chi connectivity index (χ4n) is 3.03. The van der Waals surface area contributed by atoms with Gasteiger partial charge in [0.05, 0.1) is 12.1 Å². The van der Waals surface area contributed by atoms with E-state index < -0.39 is 0 Å². The predicted octanol–water partition coefficient (Wildman–Crippen LogP) is 1.70. The van der Waals surface area contributed by atoms with E-state index in [1.165, 1.54) is 31.0 Å². The molecule has 1 aliphatic heterocycles. The van der Waals surface area contributed by atoms with E-state index in [0.29, 0.717) is 6.04 Å². The number of rotatable bonds is 6. The molecule has 0 spiro atoms. The Morgan fingerprint density at radius 1 is 1.43 bits per heavy atom. The number of ketones is 1. The van der Waals surface area contributed by atoms with E-state index in [4.69, 9.17) is 0 Å². The number of likely N-dealkylation sites (N-methyl/N-ethyl adjacent to an activating group) is 2. The molecule has 1 unspecified atom stereocenters. The first-order valence-corrected chi connectivity index (χ1v) is 7.49. The van der Waals surface area contributed by atoms with Crippen LogP contribution in [0, 0.1) is 0 Å². The van der Waals surface area contributed by atoms with Gasteiger partial charge < -0.3 is 10.2 Å². The van der Waals surface area contributed by atoms with Crippen molar-refractivity contribution in [2.45, 2.75) is 25.8 Å². The van der Waals surface area contributed by atoms with Gasteiger partial charge in [-0.1, -0.05) is 6.92 Å². The van der Waals surface area contributed by atoms with Crippen LogP contribution in [-0.4, -0.2) is 65.1 Å². The third kappa shape index (κ3) is 3.95. The third-order valence-electron chi connectivity index (χ3n) is 4.12. The normalized spacial score (nSPS) is 19.3. The average Bonchev–Trinajstić information content (AvgIpc) is 2.85. The van der Waals surface area contributed by atoms with Gasteiger partial charge in [-0.2, -0.15) is 0 Å². The lowest BCUT2D eigenvalue weighted by atomic mass is 10.1. The van der Waals surface area contributed by atoms with Crippen LogP contribution in [0.4, 0.5) is 0 Å². The molecule has 116 valence electrons. The molecule has 1 aromatic carbocycles. The fourth-order valence-corrected chi connectivity index (χ4v) is 3.03. The molecule has 1 heterocycles. The SMILES string of the molecule is CCN1CCCC1CN(C)CC(=O)c1ccc(O)cc1O. The van der Waals surface area contributed by atoms with E-state index in [2.05, 4.69) is 11.8 Å². The lowest BCUT2D eigenvalue weighted by molar-refractivity contribution is 0.0926. The van der Waals surface area contributed by atoms with E-state index in [-0.39, 0.29) is 29.4 Å². The minimum atomic E-state index is -0.163. The zero-order valence-corrected chi connectivity index (χ0v) is 12.7. The Morgan fingerprint density at radius 2 is 2.19 bits per heavy atom. The Kier molecular flexibility index (Phi) is 5.20. The van der Waals surface area contributed by atoms with Gasteiger partial charge >= 0.3 is 0 Å². The summed E-state index contributed by atoms with van der Waals surface area (Å²) in [5, 5.41) is 19.0. The van der Waals surface area contributed by atoms with E-state index in [0.717, 1.165) is 19.6 Å². The molecule has 0 aliphatic carbocycles. The number of phenolic OH excluding ortho intramolecular Hbond substituents is 2. The number of hydrogen-bond acceptors (Lipinski definition) is 5. The zero-order chi connectivity index (χ0) is 15.4. The fraction of sp³-hybridized carbons (Fsp3) is 0.562. The molecule has 0 amide bonds. The van der Waals surface area contributed by atoms with Gasteiger partial charge in [-0.25, -0.2) is 0 Å². The summed E-state index contributed by atoms with van der Waals surface area (Å²) in [7, 11) is 1.93. The molecule has 0 saturated carbocycles. The van der Waals surface area contributed by atoms with Crippen LogP contribution in [0.15, 0.2) is 18.2 Å². The van der Waals surface area contributed by atoms with Crippen LogP contribution in [0.25, 0.3) is 0 Å². The van der Waals surface area contributed by atoms with Crippen LogP contribution >= 0.6 is 0 Å². The summed E-state index contributed by atoms with van der Waals surface area (Å²) in [5.74, 6) is -0.331. The maximum atomic E-state index is 12.2. The number of likely N-dealkylation sites (tertiary alicyclic amines) is 1. The van der Waals surface area contributed by atoms with Crippen molar-refractivity contribution < 1.29 is 15.0 Å². The molecule has 1 aromatic rings. The van der Waals surface area contributed by atoms with E-state index in [1.807, 2.05) is 11.9 Å². The smallest absolute Gasteiger partial charge is 0.180 e. The number of phenols is 2. The number of carbonyl (C=O) groups is 1. The number of carbonyl (C=O) groups excluding carboxylic acids is 1. The summed E-state index contributed by atoms with van der Waals surface area (Å²) in [4.78, 5) is 16.7. The quantitative estimate of drug-likeness (QED) is 0.781. The number of nitrogens with zero attached hydrogens (tertiary/aromatic N) is 2. The predicted molar refractivity (Wildman–Crippen MR) is 81.9 cm³/mol. The van der Waals surface area contributed by atoms with E-state index in [9.17, 15) is 15.0 Å². The largest absolute Gasteiger partial charge is 0.508 e. The molecule has 1 fully saturated rings. The summed E-state index contributed by atoms with van der Waals surface area (Å²) in [6, 6.07) is 4.60. The number of benzene rings is 1. The number of hydrogen-bond donors (Lipinski definition) is 2. The maximum absolute atomic E-state index is 12.2. The van der Waals surface area contributed by atoms with E-state index in [1.54, 1.807) is 0 Å². The molecule has 5 nitrogen and oxygen atoms in total. The van der Waals surface area contributed by atoms with Crippen LogP contribution in [0.2, 0.25) is 0 Å². The molecule has 2 rings (SSSR count). The lowest BCUT2D eigenvalue weighted by Crippen LogP contribution is -2.40. The number of aromatic hydroxyl groups is 2. The average molecular weight is 292 g/mol. The highest BCUT2D eigenvalue weighted by molar-refractivity contribution is 6.00. The molecule has 1 aliphatic rings. The topological polar surface area (TPSA) is 64.0 Å². The molecule has 1 saturated heterocycles. The second-order valence-electron chi connectivity index (χ2n) is 5.75. The van der Waals surface area contributed by atoms with Gasteiger partial charge in [-0.15, -0.1) is 0 Å². The van der Waals surface area contributed by atoms with Crippen molar-refractivity contribution in [2.24, 2.45) is 0 Å². The summed E-state index contributed by atoms with van der Waals surface area (Å²) in [5.41, 5.74) is 0.262. The lowest BCUT2D eigenvalue weighted by Gasteiger charge is -2.27. The summed E-state index contributed by atoms with van der Waals surface area (Å²) in [6.45, 7) is 5.48. The van der Waals surface area contributed by atoms with E-state index >= 15 is 0 Å². The van der Waals surface area contributed by atoms with Gasteiger partial charge in [0, 0.05) is 18.7 Å². The van der Waals surface area contributed by atoms with Gasteiger partial charge in [0.25, 0.3) is 0 Å². The number of Topliss-reactive ketones (excluding diaryl/α,β-unsaturated/α-hetero) is 1. The molecular formula is C16H24N2O3. The van der Waals surface area contributed by atoms with Crippen molar-refractivity contribution >= 4 is 5.78 Å². The summed E-state index contributed by atoms with van der Waals surface area (Å²) >= 11 is 0. The zero-order valence-electron chi connectivity index (χ0n) is 12.7. The Hall–Kier alpha value is -1.59. The van der Waals surface area contributed by atoms with Crippen LogP contribution in [0.3, 0.4) is 0 Å². The molecule has 5 heteroatoms. The molecule has 0 radical (unpaired) electrons. The first kappa shape index (κ1) is 15.8. The molecular weight excluding hydrogens is 268 g/mol. The summed E-state index contributed by atoms with van der Waals surface area (Å²) in [6.07, 6.45) is 2.40. The minimum Gasteiger partial charge on any atom is -0.508 e. The highest BCUT2D eigenvalue weighted by atomic mass is 16.3. The van der Waals surface area contributed by atoms with Gasteiger partial charge in [-0.05, 0) is 45.1 Å². The minimum absolute atomic E-state index is 0.0399. The monoisotopic (exact) mass is 292 g/mol. The molecule has 0 bridgehead atoms. The third-order valence-corrected chi connectivity index (χ3v) is 4.12. The van der Waals surface area contributed by atoms with Gasteiger partial charge in [0.1, 0.15) is 11.5 Å². The van der Waals surface area contributed by atoms with Crippen LogP contribution in [0.1, 0.15) is 30.1 Å². The van der Waals surface area contributed by atoms with Crippen molar-refractivity contribution in [3.05, 3.63) is 23.8 Å². The molecule has 2 N–H and O–H groups in total. The highest BCUT2D eigenvalue weighted by Gasteiger charge is 2.25. The van der Waals surface area contributed by atoms with Crippen molar-refractivity contribution in [2.75, 3.05) is 33.2 Å². The molecule has 21 heavy (non-hydrogen) atoms. The van der Waals surface area contributed by atoms with Gasteiger partial charge in [-0.3, -0.25) is 14.6 Å². The van der Waals surface area contributed by atoms with Gasteiger partial charge in [0.15, 0.2) is 5.78 Å². The van der Waals surface area contributed by atoms with Crippen LogP contribution < -0.4 is 0 Å². The Morgan fingerprint density at radius 3 is 2.86 bits per heavy atom. The van der Waals surface area contributed by atoms with Crippen LogP contribution in [-0.2, 0) is 0 Å². The Labute approximate surface area is 125 Å². The standard InChI is InChI=1S/C16H24N2O3/c1-3-18-8-4-5-12(18)10-17(2)11-16(21)14-7-6-13(19)9-15(14)20/h6-7,9,12,19-20H,3-5,8,10-11H2,1-2H3. The Balaban J connectivity index is 1.92. The van der Waals surface area contributed by atoms with Crippen molar-refractivity contribution in [1.82, 2.24) is 9.80 Å². The molecule has 0 aromatic heterocycles. The maximum Gasteiger partial charge on any atom is 0.180 e. The second kappa shape index (κ2) is 6.91. The first-order valence-electron chi connectivity index (χ1n) is 7.49. The van der Waals surface area contributed by atoms with Crippen molar-refractivity contribution in [3.8, 4) is 11.5 Å². The van der Waals surface area contributed by atoms with Crippen LogP contribution in [0.5, 0.6) is 11.5 Å². The second-order valence-corrected chi connectivity index (χ2v) is 5.75. The molecule has 1 atom stereocenters. The van der Waals surface area contributed by atoms with Crippen molar-refractivity contribution in [3.63, 3.8) is 0 Å². The Bertz CT molecular complexity index is 504. The highest BCUT2D eigenvalue weighted by Crippen LogP contribution is 2.23. The first-order chi connectivity index (χ1) is 10.0. The summed E-state index contributed by atoms with van der Waals surface area (Å²) < 4.78 is 0. The van der Waals surface area contributed by atoms with Gasteiger partial charge in [0.2, 0.25) is 0 Å². The van der Waals surface area contributed by atoms with Crippen molar-refractivity contribution in [1.29, 1.82) is 0 Å².